The third-order valence-corrected chi connectivity index (χ3v) is 8.42. The Morgan fingerprint density at radius 1 is 0.262 bits per heavy atom. The maximum Gasteiger partial charge on any atom is -0.000786 e. The molecule has 0 radical (unpaired) electrons. The summed E-state index contributed by atoms with van der Waals surface area (Å²) in [6.07, 6.45) is 0. The Bertz CT molecular complexity index is 2030. The summed E-state index contributed by atoms with van der Waals surface area (Å²) in [5, 5.41) is 7.62. The summed E-state index contributed by atoms with van der Waals surface area (Å²) < 4.78 is 0. The number of hydrogen-bond donors (Lipinski definition) is 0. The normalized spacial score (nSPS) is 11.3. The molecule has 0 aliphatic rings. The van der Waals surface area contributed by atoms with Crippen LogP contribution in [0.3, 0.4) is 0 Å². The molecule has 0 atom stereocenters. The van der Waals surface area contributed by atoms with Crippen molar-refractivity contribution in [3.63, 3.8) is 0 Å². The Hall–Kier alpha value is -5.46. The molecule has 0 heteroatoms. The molecule has 8 aromatic rings. The summed E-state index contributed by atoms with van der Waals surface area (Å²) in [4.78, 5) is 0. The van der Waals surface area contributed by atoms with Gasteiger partial charge in [-0.05, 0) is 89.0 Å². The lowest BCUT2D eigenvalue weighted by Gasteiger charge is -2.23. The van der Waals surface area contributed by atoms with Crippen molar-refractivity contribution in [2.24, 2.45) is 0 Å². The van der Waals surface area contributed by atoms with E-state index in [9.17, 15) is 0 Å². The van der Waals surface area contributed by atoms with Crippen molar-refractivity contribution in [3.05, 3.63) is 170 Å². The molecule has 0 unspecified atom stereocenters. The standard InChI is InChI=1S/C42H28/c1-5-15-29(16-6-1)35-25-26-36(30-17-7-2-8-18-30)42-40(32-21-11-4-12-22-32)38-28-34-24-14-13-23-33(34)27-37(38)39(41(35)42)31-19-9-3-10-20-31/h1-28H. The van der Waals surface area contributed by atoms with E-state index in [1.807, 2.05) is 0 Å². The first-order chi connectivity index (χ1) is 20.9. The van der Waals surface area contributed by atoms with Gasteiger partial charge in [-0.25, -0.2) is 0 Å². The van der Waals surface area contributed by atoms with Crippen LogP contribution in [0.1, 0.15) is 0 Å². The van der Waals surface area contributed by atoms with E-state index in [4.69, 9.17) is 0 Å². The lowest BCUT2D eigenvalue weighted by molar-refractivity contribution is 1.61. The van der Waals surface area contributed by atoms with Gasteiger partial charge in [0.25, 0.3) is 0 Å². The van der Waals surface area contributed by atoms with Gasteiger partial charge in [-0.2, -0.15) is 0 Å². The fourth-order valence-electron chi connectivity index (χ4n) is 6.57. The maximum absolute atomic E-state index is 2.41. The minimum Gasteiger partial charge on any atom is -0.0622 e. The SMILES string of the molecule is c1ccc(-c2ccc(-c3ccccc3)c3c(-c4ccccc4)c4cc5ccccc5cc4c(-c4ccccc4)c23)cc1. The summed E-state index contributed by atoms with van der Waals surface area (Å²) in [6, 6.07) is 61.8. The summed E-state index contributed by atoms with van der Waals surface area (Å²) in [6.45, 7) is 0. The minimum atomic E-state index is 1.22. The second kappa shape index (κ2) is 10.2. The molecule has 0 amide bonds. The highest BCUT2D eigenvalue weighted by atomic mass is 14.3. The lowest BCUT2D eigenvalue weighted by Crippen LogP contribution is -1.96. The summed E-state index contributed by atoms with van der Waals surface area (Å²) in [7, 11) is 0. The molecule has 0 spiro atoms. The van der Waals surface area contributed by atoms with Crippen LogP contribution >= 0.6 is 0 Å². The Labute approximate surface area is 246 Å². The van der Waals surface area contributed by atoms with Crippen molar-refractivity contribution in [2.45, 2.75) is 0 Å². The zero-order valence-corrected chi connectivity index (χ0v) is 23.2. The van der Waals surface area contributed by atoms with E-state index < -0.39 is 0 Å². The highest BCUT2D eigenvalue weighted by Gasteiger charge is 2.23. The van der Waals surface area contributed by atoms with Gasteiger partial charge in [0.15, 0.2) is 0 Å². The van der Waals surface area contributed by atoms with Crippen LogP contribution in [0.15, 0.2) is 170 Å². The topological polar surface area (TPSA) is 0 Å². The van der Waals surface area contributed by atoms with Crippen molar-refractivity contribution in [3.8, 4) is 44.5 Å². The zero-order valence-electron chi connectivity index (χ0n) is 23.2. The smallest absolute Gasteiger partial charge is 0.000786 e. The fraction of sp³-hybridized carbons (Fsp3) is 0. The van der Waals surface area contributed by atoms with Gasteiger partial charge in [0.1, 0.15) is 0 Å². The van der Waals surface area contributed by atoms with E-state index >= 15 is 0 Å². The molecular weight excluding hydrogens is 504 g/mol. The average Bonchev–Trinajstić information content (AvgIpc) is 3.07. The monoisotopic (exact) mass is 532 g/mol. The molecule has 0 saturated heterocycles. The quantitative estimate of drug-likeness (QED) is 0.198. The van der Waals surface area contributed by atoms with Crippen molar-refractivity contribution in [1.82, 2.24) is 0 Å². The lowest BCUT2D eigenvalue weighted by atomic mass is 9.79. The van der Waals surface area contributed by atoms with E-state index in [0.29, 0.717) is 0 Å². The van der Waals surface area contributed by atoms with Crippen LogP contribution in [0.25, 0.3) is 76.8 Å². The van der Waals surface area contributed by atoms with E-state index in [1.165, 1.54) is 76.8 Å². The van der Waals surface area contributed by atoms with Gasteiger partial charge in [0, 0.05) is 0 Å². The molecule has 0 saturated carbocycles. The molecule has 0 aliphatic carbocycles. The van der Waals surface area contributed by atoms with Gasteiger partial charge in [0.2, 0.25) is 0 Å². The molecule has 0 aliphatic heterocycles. The fourth-order valence-corrected chi connectivity index (χ4v) is 6.57. The third-order valence-electron chi connectivity index (χ3n) is 8.42. The summed E-state index contributed by atoms with van der Waals surface area (Å²) in [5.41, 5.74) is 9.95. The average molecular weight is 533 g/mol. The Kier molecular flexibility index (Phi) is 5.90. The number of hydrogen-bond acceptors (Lipinski definition) is 0. The van der Waals surface area contributed by atoms with Gasteiger partial charge in [-0.3, -0.25) is 0 Å². The zero-order chi connectivity index (χ0) is 27.9. The molecule has 0 heterocycles. The second-order valence-electron chi connectivity index (χ2n) is 10.9. The van der Waals surface area contributed by atoms with Crippen LogP contribution in [0.4, 0.5) is 0 Å². The third kappa shape index (κ3) is 4.00. The Morgan fingerprint density at radius 3 is 0.929 bits per heavy atom. The van der Waals surface area contributed by atoms with Crippen LogP contribution in [-0.2, 0) is 0 Å². The Morgan fingerprint density at radius 2 is 0.571 bits per heavy atom. The van der Waals surface area contributed by atoms with Gasteiger partial charge >= 0.3 is 0 Å². The van der Waals surface area contributed by atoms with E-state index in [1.54, 1.807) is 0 Å². The first kappa shape index (κ1) is 24.3. The predicted molar refractivity (Wildman–Crippen MR) is 181 cm³/mol. The second-order valence-corrected chi connectivity index (χ2v) is 10.9. The molecule has 42 heavy (non-hydrogen) atoms. The van der Waals surface area contributed by atoms with Crippen LogP contribution < -0.4 is 0 Å². The highest BCUT2D eigenvalue weighted by Crippen LogP contribution is 2.50. The number of fused-ring (bicyclic) bond motifs is 3. The largest absolute Gasteiger partial charge is 0.0622 e. The van der Waals surface area contributed by atoms with E-state index in [-0.39, 0.29) is 0 Å². The van der Waals surface area contributed by atoms with Gasteiger partial charge in [0.05, 0.1) is 0 Å². The Balaban J connectivity index is 1.71. The predicted octanol–water partition coefficient (Wildman–Crippen LogP) is 11.8. The van der Waals surface area contributed by atoms with Crippen molar-refractivity contribution < 1.29 is 0 Å². The summed E-state index contributed by atoms with van der Waals surface area (Å²) in [5.74, 6) is 0. The van der Waals surface area contributed by atoms with Crippen molar-refractivity contribution in [1.29, 1.82) is 0 Å². The maximum atomic E-state index is 2.41. The number of benzene rings is 8. The molecule has 196 valence electrons. The van der Waals surface area contributed by atoms with Crippen LogP contribution in [0.5, 0.6) is 0 Å². The molecule has 8 aromatic carbocycles. The van der Waals surface area contributed by atoms with Crippen LogP contribution in [-0.4, -0.2) is 0 Å². The van der Waals surface area contributed by atoms with Crippen molar-refractivity contribution >= 4 is 32.3 Å². The van der Waals surface area contributed by atoms with Crippen molar-refractivity contribution in [2.75, 3.05) is 0 Å². The molecule has 0 N–H and O–H groups in total. The first-order valence-corrected chi connectivity index (χ1v) is 14.5. The number of rotatable bonds is 4. The summed E-state index contributed by atoms with van der Waals surface area (Å²) >= 11 is 0. The van der Waals surface area contributed by atoms with Gasteiger partial charge in [-0.15, -0.1) is 0 Å². The molecule has 0 nitrogen and oxygen atoms in total. The van der Waals surface area contributed by atoms with Gasteiger partial charge in [-0.1, -0.05) is 158 Å². The van der Waals surface area contributed by atoms with Crippen LogP contribution in [0.2, 0.25) is 0 Å². The first-order valence-electron chi connectivity index (χ1n) is 14.5. The molecule has 8 rings (SSSR count). The molecular formula is C42H28. The molecule has 0 fully saturated rings. The molecule has 0 bridgehead atoms. The van der Waals surface area contributed by atoms with Gasteiger partial charge < -0.3 is 0 Å². The van der Waals surface area contributed by atoms with E-state index in [0.717, 1.165) is 0 Å². The van der Waals surface area contributed by atoms with Crippen LogP contribution in [0, 0.1) is 0 Å². The van der Waals surface area contributed by atoms with E-state index in [2.05, 4.69) is 170 Å². The minimum absolute atomic E-state index is 1.22. The molecule has 0 aromatic heterocycles. The highest BCUT2D eigenvalue weighted by molar-refractivity contribution is 6.29.